The highest BCUT2D eigenvalue weighted by molar-refractivity contribution is 7.56. The van der Waals surface area contributed by atoms with Gasteiger partial charge in [-0.15, -0.1) is 0 Å². The summed E-state index contributed by atoms with van der Waals surface area (Å²) in [6, 6.07) is 20.8. The van der Waals surface area contributed by atoms with Crippen molar-refractivity contribution in [3.05, 3.63) is 71.8 Å². The third kappa shape index (κ3) is 5.10. The standard InChI is InChI=1S/C23H32NO2P/c1-3-4-12-20(2)19-27(25)24(17-11-18-26-27)23(21-13-7-5-8-14-21)22-15-9-6-10-16-22/h5-10,13-16,20,23H,3-4,11-12,17-19H2,1-2H3/t20-,27-/m1/s1. The molecule has 0 bridgehead atoms. The lowest BCUT2D eigenvalue weighted by Crippen LogP contribution is -2.35. The number of nitrogens with zero attached hydrogens (tertiary/aromatic N) is 1. The molecule has 2 atom stereocenters. The van der Waals surface area contributed by atoms with Crippen molar-refractivity contribution in [1.82, 2.24) is 4.67 Å². The molecule has 0 unspecified atom stereocenters. The van der Waals surface area contributed by atoms with E-state index in [1.165, 1.54) is 24.0 Å². The summed E-state index contributed by atoms with van der Waals surface area (Å²) in [6.45, 7) is 5.83. The van der Waals surface area contributed by atoms with E-state index in [4.69, 9.17) is 4.52 Å². The molecule has 1 saturated heterocycles. The second-order valence-electron chi connectivity index (χ2n) is 7.64. The van der Waals surface area contributed by atoms with Crippen LogP contribution in [0.2, 0.25) is 0 Å². The highest BCUT2D eigenvalue weighted by Crippen LogP contribution is 2.59. The van der Waals surface area contributed by atoms with Crippen LogP contribution in [0.1, 0.15) is 56.7 Å². The van der Waals surface area contributed by atoms with Gasteiger partial charge >= 0.3 is 0 Å². The summed E-state index contributed by atoms with van der Waals surface area (Å²) in [5, 5.41) is 0. The van der Waals surface area contributed by atoms with E-state index in [9.17, 15) is 4.57 Å². The molecule has 2 aromatic carbocycles. The van der Waals surface area contributed by atoms with Gasteiger partial charge in [-0.25, -0.2) is 4.67 Å². The fraction of sp³-hybridized carbons (Fsp3) is 0.478. The Hall–Kier alpha value is -1.41. The fourth-order valence-corrected chi connectivity index (χ4v) is 6.88. The van der Waals surface area contributed by atoms with Crippen LogP contribution >= 0.6 is 7.52 Å². The predicted molar refractivity (Wildman–Crippen MR) is 113 cm³/mol. The van der Waals surface area contributed by atoms with E-state index in [0.717, 1.165) is 19.4 Å². The van der Waals surface area contributed by atoms with Crippen LogP contribution in [0.4, 0.5) is 0 Å². The lowest BCUT2D eigenvalue weighted by Gasteiger charge is -2.41. The Kier molecular flexibility index (Phi) is 7.29. The van der Waals surface area contributed by atoms with Crippen LogP contribution < -0.4 is 0 Å². The van der Waals surface area contributed by atoms with Gasteiger partial charge in [-0.1, -0.05) is 93.8 Å². The maximum atomic E-state index is 14.0. The van der Waals surface area contributed by atoms with E-state index in [-0.39, 0.29) is 6.04 Å². The van der Waals surface area contributed by atoms with E-state index in [2.05, 4.69) is 67.0 Å². The summed E-state index contributed by atoms with van der Waals surface area (Å²) in [5.41, 5.74) is 2.35. The molecule has 0 N–H and O–H groups in total. The molecule has 0 aromatic heterocycles. The number of benzene rings is 2. The molecule has 0 aliphatic carbocycles. The normalized spacial score (nSPS) is 22.0. The summed E-state index contributed by atoms with van der Waals surface area (Å²) < 4.78 is 22.2. The summed E-state index contributed by atoms with van der Waals surface area (Å²) >= 11 is 0. The second-order valence-corrected chi connectivity index (χ2v) is 10.1. The quantitative estimate of drug-likeness (QED) is 0.485. The molecule has 3 nitrogen and oxygen atoms in total. The molecule has 2 aromatic rings. The molecule has 1 aliphatic heterocycles. The van der Waals surface area contributed by atoms with Gasteiger partial charge in [0, 0.05) is 12.7 Å². The van der Waals surface area contributed by atoms with E-state index in [1.807, 2.05) is 12.1 Å². The topological polar surface area (TPSA) is 29.5 Å². The van der Waals surface area contributed by atoms with Gasteiger partial charge in [-0.3, -0.25) is 4.57 Å². The smallest absolute Gasteiger partial charge is 0.273 e. The first kappa shape index (κ1) is 20.3. The summed E-state index contributed by atoms with van der Waals surface area (Å²) in [5.74, 6) is 0.406. The molecule has 1 fully saturated rings. The minimum atomic E-state index is -2.87. The molecular weight excluding hydrogens is 353 g/mol. The van der Waals surface area contributed by atoms with E-state index < -0.39 is 7.52 Å². The van der Waals surface area contributed by atoms with E-state index >= 15 is 0 Å². The Labute approximate surface area is 164 Å². The van der Waals surface area contributed by atoms with Crippen LogP contribution in [0.3, 0.4) is 0 Å². The number of rotatable bonds is 8. The zero-order valence-electron chi connectivity index (χ0n) is 16.6. The zero-order chi connectivity index (χ0) is 19.1. The van der Waals surface area contributed by atoms with Crippen molar-refractivity contribution >= 4 is 7.52 Å². The van der Waals surface area contributed by atoms with Crippen LogP contribution in [0, 0.1) is 5.92 Å². The number of hydrogen-bond acceptors (Lipinski definition) is 2. The summed E-state index contributed by atoms with van der Waals surface area (Å²) in [4.78, 5) is 0. The van der Waals surface area contributed by atoms with Gasteiger partial charge in [0.15, 0.2) is 0 Å². The summed E-state index contributed by atoms with van der Waals surface area (Å²) in [7, 11) is -2.87. The van der Waals surface area contributed by atoms with Crippen molar-refractivity contribution in [2.75, 3.05) is 19.3 Å². The van der Waals surface area contributed by atoms with Crippen molar-refractivity contribution in [3.63, 3.8) is 0 Å². The van der Waals surface area contributed by atoms with Crippen molar-refractivity contribution < 1.29 is 9.09 Å². The van der Waals surface area contributed by atoms with Crippen molar-refractivity contribution in [2.45, 2.75) is 45.6 Å². The first-order valence-corrected chi connectivity index (χ1v) is 12.0. The van der Waals surface area contributed by atoms with Crippen LogP contribution in [-0.4, -0.2) is 24.0 Å². The molecule has 27 heavy (non-hydrogen) atoms. The van der Waals surface area contributed by atoms with Gasteiger partial charge in [0.25, 0.3) is 7.52 Å². The Balaban J connectivity index is 1.94. The Morgan fingerprint density at radius 1 is 1.04 bits per heavy atom. The van der Waals surface area contributed by atoms with Gasteiger partial charge in [0.05, 0.1) is 12.6 Å². The molecule has 0 radical (unpaired) electrons. The zero-order valence-corrected chi connectivity index (χ0v) is 17.5. The van der Waals surface area contributed by atoms with Gasteiger partial charge in [0.1, 0.15) is 0 Å². The maximum absolute atomic E-state index is 14.0. The molecule has 1 heterocycles. The minimum Gasteiger partial charge on any atom is -0.317 e. The van der Waals surface area contributed by atoms with Gasteiger partial charge in [-0.2, -0.15) is 0 Å². The van der Waals surface area contributed by atoms with Crippen molar-refractivity contribution in [1.29, 1.82) is 0 Å². The van der Waals surface area contributed by atoms with Crippen LogP contribution in [-0.2, 0) is 9.09 Å². The molecule has 0 spiro atoms. The lowest BCUT2D eigenvalue weighted by molar-refractivity contribution is 0.185. The first-order chi connectivity index (χ1) is 13.1. The Bertz CT molecular complexity index is 695. The SMILES string of the molecule is CCCC[C@@H](C)C[P@@]1(=O)OCCCN1C(c1ccccc1)c1ccccc1. The molecule has 0 amide bonds. The largest absolute Gasteiger partial charge is 0.317 e. The lowest BCUT2D eigenvalue weighted by atomic mass is 9.98. The van der Waals surface area contributed by atoms with Gasteiger partial charge < -0.3 is 4.52 Å². The molecule has 146 valence electrons. The highest BCUT2D eigenvalue weighted by atomic mass is 31.2. The number of hydrogen-bond donors (Lipinski definition) is 0. The fourth-order valence-electron chi connectivity index (χ4n) is 3.97. The average molecular weight is 385 g/mol. The number of unbranched alkanes of at least 4 members (excludes halogenated alkanes) is 1. The highest BCUT2D eigenvalue weighted by Gasteiger charge is 2.41. The molecular formula is C23H32NO2P. The third-order valence-corrected chi connectivity index (χ3v) is 8.22. The van der Waals surface area contributed by atoms with Crippen molar-refractivity contribution in [3.8, 4) is 0 Å². The second kappa shape index (κ2) is 9.68. The van der Waals surface area contributed by atoms with Crippen LogP contribution in [0.15, 0.2) is 60.7 Å². The molecule has 1 aliphatic rings. The summed E-state index contributed by atoms with van der Waals surface area (Å²) in [6.07, 6.45) is 5.03. The van der Waals surface area contributed by atoms with E-state index in [0.29, 0.717) is 18.7 Å². The average Bonchev–Trinajstić information content (AvgIpc) is 2.70. The van der Waals surface area contributed by atoms with Gasteiger partial charge in [-0.05, 0) is 23.5 Å². The van der Waals surface area contributed by atoms with Crippen molar-refractivity contribution in [2.24, 2.45) is 5.92 Å². The first-order valence-electron chi connectivity index (χ1n) is 10.2. The molecule has 0 saturated carbocycles. The molecule has 3 rings (SSSR count). The Morgan fingerprint density at radius 3 is 2.19 bits per heavy atom. The van der Waals surface area contributed by atoms with Crippen LogP contribution in [0.25, 0.3) is 0 Å². The Morgan fingerprint density at radius 2 is 1.63 bits per heavy atom. The maximum Gasteiger partial charge on any atom is 0.273 e. The predicted octanol–water partition coefficient (Wildman–Crippen LogP) is 6.52. The van der Waals surface area contributed by atoms with Crippen LogP contribution in [0.5, 0.6) is 0 Å². The van der Waals surface area contributed by atoms with E-state index in [1.54, 1.807) is 0 Å². The molecule has 4 heteroatoms. The van der Waals surface area contributed by atoms with Gasteiger partial charge in [0.2, 0.25) is 0 Å². The monoisotopic (exact) mass is 385 g/mol. The third-order valence-electron chi connectivity index (χ3n) is 5.34. The minimum absolute atomic E-state index is 0.0306.